The van der Waals surface area contributed by atoms with Gasteiger partial charge in [0.1, 0.15) is 12.4 Å². The van der Waals surface area contributed by atoms with Gasteiger partial charge in [-0.15, -0.1) is 0 Å². The molecule has 0 fully saturated rings. The molecule has 27 heavy (non-hydrogen) atoms. The van der Waals surface area contributed by atoms with Crippen molar-refractivity contribution in [3.63, 3.8) is 0 Å². The lowest BCUT2D eigenvalue weighted by molar-refractivity contribution is -0.111. The second-order valence-corrected chi connectivity index (χ2v) is 7.37. The van der Waals surface area contributed by atoms with E-state index >= 15 is 0 Å². The number of carbonyl (C=O) groups is 1. The van der Waals surface area contributed by atoms with Gasteiger partial charge in [-0.3, -0.25) is 4.79 Å². The van der Waals surface area contributed by atoms with E-state index in [1.165, 1.54) is 6.08 Å². The summed E-state index contributed by atoms with van der Waals surface area (Å²) < 4.78 is 6.92. The Labute approximate surface area is 173 Å². The Morgan fingerprint density at radius 1 is 1.04 bits per heavy atom. The molecule has 0 bridgehead atoms. The number of halogens is 1. The van der Waals surface area contributed by atoms with Crippen molar-refractivity contribution in [1.82, 2.24) is 0 Å². The topological polar surface area (TPSA) is 38.3 Å². The summed E-state index contributed by atoms with van der Waals surface area (Å²) in [7, 11) is 0. The number of amides is 1. The van der Waals surface area contributed by atoms with Crippen molar-refractivity contribution in [1.29, 1.82) is 0 Å². The van der Waals surface area contributed by atoms with Crippen LogP contribution in [0.15, 0.2) is 78.9 Å². The largest absolute Gasteiger partial charge is 0.489 e. The first-order valence-electron chi connectivity index (χ1n) is 8.62. The van der Waals surface area contributed by atoms with Crippen molar-refractivity contribution in [2.24, 2.45) is 0 Å². The molecule has 136 valence electrons. The van der Waals surface area contributed by atoms with Gasteiger partial charge in [-0.1, -0.05) is 42.5 Å². The molecule has 0 heterocycles. The second kappa shape index (κ2) is 9.37. The maximum Gasteiger partial charge on any atom is 0.248 e. The molecule has 0 spiro atoms. The third-order valence-electron chi connectivity index (χ3n) is 4.00. The zero-order valence-electron chi connectivity index (χ0n) is 15.0. The predicted octanol–water partition coefficient (Wildman–Crippen LogP) is 5.83. The van der Waals surface area contributed by atoms with Crippen molar-refractivity contribution in [3.8, 4) is 5.75 Å². The van der Waals surface area contributed by atoms with E-state index in [1.807, 2.05) is 79.7 Å². The zero-order chi connectivity index (χ0) is 19.1. The summed E-state index contributed by atoms with van der Waals surface area (Å²) in [4.78, 5) is 12.1. The summed E-state index contributed by atoms with van der Waals surface area (Å²) in [5, 5.41) is 2.90. The smallest absolute Gasteiger partial charge is 0.248 e. The highest BCUT2D eigenvalue weighted by molar-refractivity contribution is 14.1. The van der Waals surface area contributed by atoms with Crippen molar-refractivity contribution >= 4 is 40.3 Å². The van der Waals surface area contributed by atoms with Crippen molar-refractivity contribution in [2.45, 2.75) is 13.5 Å². The predicted molar refractivity (Wildman–Crippen MR) is 119 cm³/mol. The highest BCUT2D eigenvalue weighted by Gasteiger charge is 2.02. The molecule has 3 nitrogen and oxygen atoms in total. The zero-order valence-corrected chi connectivity index (χ0v) is 17.1. The Kier molecular flexibility index (Phi) is 6.65. The molecule has 0 unspecified atom stereocenters. The summed E-state index contributed by atoms with van der Waals surface area (Å²) in [5.74, 6) is 0.652. The molecule has 3 rings (SSSR count). The van der Waals surface area contributed by atoms with Gasteiger partial charge in [-0.2, -0.15) is 0 Å². The SMILES string of the molecule is Cc1cc(I)ccc1NC(=O)/C=C/c1ccc(OCc2ccccc2)cc1. The van der Waals surface area contributed by atoms with Crippen molar-refractivity contribution in [3.05, 3.63) is 99.1 Å². The van der Waals surface area contributed by atoms with Gasteiger partial charge in [0.25, 0.3) is 0 Å². The first-order valence-corrected chi connectivity index (χ1v) is 9.70. The fourth-order valence-corrected chi connectivity index (χ4v) is 3.18. The van der Waals surface area contributed by atoms with Gasteiger partial charge in [-0.25, -0.2) is 0 Å². The van der Waals surface area contributed by atoms with E-state index in [9.17, 15) is 4.79 Å². The van der Waals surface area contributed by atoms with Gasteiger partial charge < -0.3 is 10.1 Å². The Hall–Kier alpha value is -2.60. The van der Waals surface area contributed by atoms with Crippen LogP contribution in [0.3, 0.4) is 0 Å². The summed E-state index contributed by atoms with van der Waals surface area (Å²) in [6.45, 7) is 2.52. The van der Waals surface area contributed by atoms with E-state index in [-0.39, 0.29) is 5.91 Å². The first kappa shape index (κ1) is 19.2. The van der Waals surface area contributed by atoms with Gasteiger partial charge >= 0.3 is 0 Å². The standard InChI is InChI=1S/C23H20INO2/c1-17-15-20(24)10-13-22(17)25-23(26)14-9-18-7-11-21(12-8-18)27-16-19-5-3-2-4-6-19/h2-15H,16H2,1H3,(H,25,26)/b14-9+. The van der Waals surface area contributed by atoms with Crippen LogP contribution >= 0.6 is 22.6 Å². The molecule has 1 amide bonds. The normalized spacial score (nSPS) is 10.7. The minimum absolute atomic E-state index is 0.149. The van der Waals surface area contributed by atoms with E-state index in [0.29, 0.717) is 6.61 Å². The molecule has 0 aliphatic carbocycles. The highest BCUT2D eigenvalue weighted by Crippen LogP contribution is 2.18. The number of aryl methyl sites for hydroxylation is 1. The fraction of sp³-hybridized carbons (Fsp3) is 0.0870. The maximum absolute atomic E-state index is 12.1. The third-order valence-corrected chi connectivity index (χ3v) is 4.67. The molecule has 0 saturated carbocycles. The van der Waals surface area contributed by atoms with Gasteiger partial charge in [0.15, 0.2) is 0 Å². The van der Waals surface area contributed by atoms with E-state index in [0.717, 1.165) is 31.7 Å². The van der Waals surface area contributed by atoms with Crippen LogP contribution in [0, 0.1) is 10.5 Å². The average Bonchev–Trinajstić information content (AvgIpc) is 2.68. The van der Waals surface area contributed by atoms with Gasteiger partial charge in [-0.05, 0) is 82.6 Å². The first-order chi connectivity index (χ1) is 13.1. The number of rotatable bonds is 6. The summed E-state index contributed by atoms with van der Waals surface area (Å²) in [6.07, 6.45) is 3.33. The highest BCUT2D eigenvalue weighted by atomic mass is 127. The van der Waals surface area contributed by atoms with E-state index in [1.54, 1.807) is 6.08 Å². The summed E-state index contributed by atoms with van der Waals surface area (Å²) in [5.41, 5.74) is 3.94. The molecule has 0 aliphatic rings. The van der Waals surface area contributed by atoms with Crippen LogP contribution in [-0.2, 0) is 11.4 Å². The lowest BCUT2D eigenvalue weighted by Crippen LogP contribution is -2.08. The van der Waals surface area contributed by atoms with E-state index in [4.69, 9.17) is 4.74 Å². The number of hydrogen-bond acceptors (Lipinski definition) is 2. The number of ether oxygens (including phenoxy) is 1. The van der Waals surface area contributed by atoms with Crippen LogP contribution in [0.4, 0.5) is 5.69 Å². The number of benzene rings is 3. The van der Waals surface area contributed by atoms with Crippen LogP contribution in [0.5, 0.6) is 5.75 Å². The molecule has 0 atom stereocenters. The lowest BCUT2D eigenvalue weighted by Gasteiger charge is -2.07. The molecule has 4 heteroatoms. The van der Waals surface area contributed by atoms with Gasteiger partial charge in [0.2, 0.25) is 5.91 Å². The molecular weight excluding hydrogens is 449 g/mol. The Morgan fingerprint density at radius 2 is 1.78 bits per heavy atom. The van der Waals surface area contributed by atoms with Crippen molar-refractivity contribution < 1.29 is 9.53 Å². The molecule has 0 saturated heterocycles. The summed E-state index contributed by atoms with van der Waals surface area (Å²) >= 11 is 2.25. The second-order valence-electron chi connectivity index (χ2n) is 6.13. The Bertz CT molecular complexity index is 934. The van der Waals surface area contributed by atoms with Crippen LogP contribution < -0.4 is 10.1 Å². The molecule has 0 radical (unpaired) electrons. The van der Waals surface area contributed by atoms with Crippen LogP contribution in [-0.4, -0.2) is 5.91 Å². The Morgan fingerprint density at radius 3 is 2.48 bits per heavy atom. The molecule has 3 aromatic rings. The van der Waals surface area contributed by atoms with E-state index < -0.39 is 0 Å². The van der Waals surface area contributed by atoms with Crippen LogP contribution in [0.25, 0.3) is 6.08 Å². The average molecular weight is 469 g/mol. The molecule has 1 N–H and O–H groups in total. The maximum atomic E-state index is 12.1. The minimum atomic E-state index is -0.149. The monoisotopic (exact) mass is 469 g/mol. The third kappa shape index (κ3) is 5.96. The molecule has 3 aromatic carbocycles. The minimum Gasteiger partial charge on any atom is -0.489 e. The summed E-state index contributed by atoms with van der Waals surface area (Å²) in [6, 6.07) is 23.6. The van der Waals surface area contributed by atoms with Gasteiger partial charge in [0, 0.05) is 15.3 Å². The van der Waals surface area contributed by atoms with Crippen LogP contribution in [0.2, 0.25) is 0 Å². The lowest BCUT2D eigenvalue weighted by atomic mass is 10.2. The quantitative estimate of drug-likeness (QED) is 0.365. The number of nitrogens with one attached hydrogen (secondary N) is 1. The molecule has 0 aromatic heterocycles. The molecular formula is C23H20INO2. The Balaban J connectivity index is 1.54. The number of anilines is 1. The number of hydrogen-bond donors (Lipinski definition) is 1. The van der Waals surface area contributed by atoms with Crippen LogP contribution in [0.1, 0.15) is 16.7 Å². The fourth-order valence-electron chi connectivity index (χ4n) is 2.53. The van der Waals surface area contributed by atoms with Gasteiger partial charge in [0.05, 0.1) is 0 Å². The molecule has 0 aliphatic heterocycles. The van der Waals surface area contributed by atoms with Crippen molar-refractivity contribution in [2.75, 3.05) is 5.32 Å². The van der Waals surface area contributed by atoms with E-state index in [2.05, 4.69) is 27.9 Å². The number of carbonyl (C=O) groups excluding carboxylic acids is 1.